The van der Waals surface area contributed by atoms with E-state index in [2.05, 4.69) is 34.8 Å². The lowest BCUT2D eigenvalue weighted by Crippen LogP contribution is -2.19. The van der Waals surface area contributed by atoms with E-state index in [4.69, 9.17) is 15.2 Å². The van der Waals surface area contributed by atoms with Crippen LogP contribution in [-0.4, -0.2) is 31.5 Å². The molecule has 0 spiro atoms. The van der Waals surface area contributed by atoms with Gasteiger partial charge in [0.25, 0.3) is 0 Å². The Labute approximate surface area is 147 Å². The van der Waals surface area contributed by atoms with Crippen LogP contribution >= 0.6 is 0 Å². The van der Waals surface area contributed by atoms with E-state index in [9.17, 15) is 0 Å². The second-order valence-corrected chi connectivity index (χ2v) is 6.99. The lowest BCUT2D eigenvalue weighted by Gasteiger charge is -2.25. The lowest BCUT2D eigenvalue weighted by molar-refractivity contribution is 0.266. The molecule has 25 heavy (non-hydrogen) atoms. The van der Waals surface area contributed by atoms with E-state index in [-0.39, 0.29) is 6.61 Å². The monoisotopic (exact) mass is 336 g/mol. The first kappa shape index (κ1) is 16.2. The van der Waals surface area contributed by atoms with Crippen LogP contribution in [0.15, 0.2) is 30.5 Å². The molecule has 0 amide bonds. The third kappa shape index (κ3) is 3.16. The van der Waals surface area contributed by atoms with Crippen molar-refractivity contribution in [3.05, 3.63) is 41.9 Å². The molecule has 130 valence electrons. The molecule has 0 unspecified atom stereocenters. The third-order valence-electron chi connectivity index (χ3n) is 5.14. The highest BCUT2D eigenvalue weighted by Crippen LogP contribution is 2.32. The average Bonchev–Trinajstić information content (AvgIpc) is 3.00. The first-order valence-corrected chi connectivity index (χ1v) is 9.15. The highest BCUT2D eigenvalue weighted by atomic mass is 16.2. The molecule has 5 heteroatoms. The zero-order valence-electron chi connectivity index (χ0n) is 14.6. The minimum Gasteiger partial charge on any atom is -0.396 e. The van der Waals surface area contributed by atoms with Crippen LogP contribution < -0.4 is 0 Å². The number of hydrogen-bond donors (Lipinski definition) is 1. The van der Waals surface area contributed by atoms with Gasteiger partial charge < -0.3 is 5.11 Å². The maximum absolute atomic E-state index is 9.11. The van der Waals surface area contributed by atoms with Crippen molar-refractivity contribution in [3.8, 4) is 11.4 Å². The maximum atomic E-state index is 9.11. The van der Waals surface area contributed by atoms with Crippen LogP contribution in [0, 0.1) is 12.8 Å². The minimum atomic E-state index is 0.171. The molecular formula is C20H24N4O. The summed E-state index contributed by atoms with van der Waals surface area (Å²) in [5.74, 6) is 2.46. The van der Waals surface area contributed by atoms with Crippen molar-refractivity contribution in [2.75, 3.05) is 6.61 Å². The van der Waals surface area contributed by atoms with Gasteiger partial charge in [-0.25, -0.2) is 9.67 Å². The summed E-state index contributed by atoms with van der Waals surface area (Å²) >= 11 is 0. The molecular weight excluding hydrogens is 312 g/mol. The molecule has 1 aliphatic carbocycles. The average molecular weight is 336 g/mol. The molecule has 2 heterocycles. The Balaban J connectivity index is 1.80. The fraction of sp³-hybridized carbons (Fsp3) is 0.450. The van der Waals surface area contributed by atoms with E-state index in [0.29, 0.717) is 18.8 Å². The highest BCUT2D eigenvalue weighted by molar-refractivity contribution is 5.94. The normalized spacial score (nSPS) is 14.8. The molecule has 1 fully saturated rings. The van der Waals surface area contributed by atoms with Gasteiger partial charge in [0.15, 0.2) is 11.6 Å². The van der Waals surface area contributed by atoms with Gasteiger partial charge in [0.2, 0.25) is 0 Å². The molecule has 0 atom stereocenters. The van der Waals surface area contributed by atoms with Crippen LogP contribution in [-0.2, 0) is 13.0 Å². The number of aryl methyl sites for hydroxylation is 2. The number of hydrogen-bond acceptors (Lipinski definition) is 4. The van der Waals surface area contributed by atoms with Gasteiger partial charge in [-0.05, 0) is 43.7 Å². The van der Waals surface area contributed by atoms with Gasteiger partial charge in [0.1, 0.15) is 0 Å². The molecule has 0 bridgehead atoms. The van der Waals surface area contributed by atoms with E-state index in [1.54, 1.807) is 0 Å². The van der Waals surface area contributed by atoms with Gasteiger partial charge in [-0.2, -0.15) is 5.10 Å². The van der Waals surface area contributed by atoms with Crippen molar-refractivity contribution in [2.24, 2.45) is 5.92 Å². The number of rotatable bonds is 6. The van der Waals surface area contributed by atoms with Gasteiger partial charge in [-0.15, -0.1) is 0 Å². The summed E-state index contributed by atoms with van der Waals surface area (Å²) in [6.45, 7) is 3.19. The zero-order chi connectivity index (χ0) is 17.2. The second-order valence-electron chi connectivity index (χ2n) is 6.99. The third-order valence-corrected chi connectivity index (χ3v) is 5.14. The van der Waals surface area contributed by atoms with Crippen molar-refractivity contribution in [2.45, 2.75) is 45.6 Å². The summed E-state index contributed by atoms with van der Waals surface area (Å²) in [7, 11) is 0. The predicted octanol–water partition coefficient (Wildman–Crippen LogP) is 3.53. The fourth-order valence-corrected chi connectivity index (χ4v) is 3.49. The first-order valence-electron chi connectivity index (χ1n) is 9.15. The van der Waals surface area contributed by atoms with Gasteiger partial charge in [0.05, 0.1) is 5.52 Å². The van der Waals surface area contributed by atoms with Crippen molar-refractivity contribution in [3.63, 3.8) is 0 Å². The van der Waals surface area contributed by atoms with Crippen molar-refractivity contribution in [1.29, 1.82) is 0 Å². The van der Waals surface area contributed by atoms with E-state index in [0.717, 1.165) is 34.7 Å². The number of pyridine rings is 1. The number of benzene rings is 1. The first-order chi connectivity index (χ1) is 12.3. The van der Waals surface area contributed by atoms with Gasteiger partial charge in [-0.1, -0.05) is 24.6 Å². The van der Waals surface area contributed by atoms with E-state index in [1.165, 1.54) is 24.8 Å². The largest absolute Gasteiger partial charge is 0.396 e. The summed E-state index contributed by atoms with van der Waals surface area (Å²) in [5.41, 5.74) is 3.29. The molecule has 4 rings (SSSR count). The second kappa shape index (κ2) is 6.92. The number of aliphatic hydroxyl groups is 1. The molecule has 0 aliphatic heterocycles. The van der Waals surface area contributed by atoms with E-state index < -0.39 is 0 Å². The van der Waals surface area contributed by atoms with Crippen LogP contribution in [0.1, 0.15) is 37.1 Å². The minimum absolute atomic E-state index is 0.171. The maximum Gasteiger partial charge on any atom is 0.159 e. The summed E-state index contributed by atoms with van der Waals surface area (Å²) in [6, 6.07) is 8.34. The van der Waals surface area contributed by atoms with Crippen molar-refractivity contribution >= 4 is 10.9 Å². The summed E-state index contributed by atoms with van der Waals surface area (Å²) < 4.78 is 2.08. The molecule has 1 N–H and O–H groups in total. The molecule has 1 aromatic carbocycles. The highest BCUT2D eigenvalue weighted by Gasteiger charge is 2.22. The molecule has 3 aromatic rings. The zero-order valence-corrected chi connectivity index (χ0v) is 14.6. The standard InChI is InChI=1S/C20H24N4O/c1-14-9-10-17(16-7-3-11-21-19(14)16)20-22-18(8-4-12-25)23-24(20)13-15-5-2-6-15/h3,7,9-11,15,25H,2,4-6,8,12-13H2,1H3. The van der Waals surface area contributed by atoms with E-state index >= 15 is 0 Å². The number of nitrogens with zero attached hydrogens (tertiary/aromatic N) is 4. The Morgan fingerprint density at radius 1 is 1.24 bits per heavy atom. The number of aliphatic hydroxyl groups excluding tert-OH is 1. The van der Waals surface area contributed by atoms with Crippen LogP contribution in [0.4, 0.5) is 0 Å². The Kier molecular flexibility index (Phi) is 4.49. The quantitative estimate of drug-likeness (QED) is 0.748. The molecule has 1 aliphatic rings. The molecule has 0 saturated heterocycles. The topological polar surface area (TPSA) is 63.8 Å². The SMILES string of the molecule is Cc1ccc(-c2nc(CCCO)nn2CC2CCC2)c2cccnc12. The van der Waals surface area contributed by atoms with Crippen molar-refractivity contribution < 1.29 is 5.11 Å². The molecule has 2 aromatic heterocycles. The Hall–Kier alpha value is -2.27. The molecule has 0 radical (unpaired) electrons. The van der Waals surface area contributed by atoms with Crippen LogP contribution in [0.2, 0.25) is 0 Å². The summed E-state index contributed by atoms with van der Waals surface area (Å²) in [4.78, 5) is 9.37. The van der Waals surface area contributed by atoms with Crippen molar-refractivity contribution in [1.82, 2.24) is 19.7 Å². The number of aromatic nitrogens is 4. The lowest BCUT2D eigenvalue weighted by atomic mass is 9.85. The van der Waals surface area contributed by atoms with Gasteiger partial charge in [0, 0.05) is 36.7 Å². The Morgan fingerprint density at radius 3 is 2.88 bits per heavy atom. The molecule has 1 saturated carbocycles. The smallest absolute Gasteiger partial charge is 0.159 e. The Morgan fingerprint density at radius 2 is 2.12 bits per heavy atom. The van der Waals surface area contributed by atoms with Crippen LogP contribution in [0.25, 0.3) is 22.3 Å². The fourth-order valence-electron chi connectivity index (χ4n) is 3.49. The van der Waals surface area contributed by atoms with Gasteiger partial charge in [-0.3, -0.25) is 4.98 Å². The van der Waals surface area contributed by atoms with Crippen LogP contribution in [0.5, 0.6) is 0 Å². The molecule has 5 nitrogen and oxygen atoms in total. The Bertz CT molecular complexity index is 883. The van der Waals surface area contributed by atoms with E-state index in [1.807, 2.05) is 12.3 Å². The summed E-state index contributed by atoms with van der Waals surface area (Å²) in [5, 5.41) is 15.0. The predicted molar refractivity (Wildman–Crippen MR) is 98.2 cm³/mol. The summed E-state index contributed by atoms with van der Waals surface area (Å²) in [6.07, 6.45) is 7.13. The van der Waals surface area contributed by atoms with Crippen LogP contribution in [0.3, 0.4) is 0 Å². The van der Waals surface area contributed by atoms with Gasteiger partial charge >= 0.3 is 0 Å². The number of fused-ring (bicyclic) bond motifs is 1.